The molecule has 0 aromatic rings. The molecule has 0 aromatic carbocycles. The van der Waals surface area contributed by atoms with Crippen LogP contribution in [0.15, 0.2) is 0 Å². The van der Waals surface area contributed by atoms with Gasteiger partial charge in [-0.25, -0.2) is 0 Å². The number of likely N-dealkylation sites (tertiary alicyclic amines) is 1. The number of piperazine rings is 1. The molecule has 1 atom stereocenters. The van der Waals surface area contributed by atoms with Crippen LogP contribution < -0.4 is 5.32 Å². The molecule has 2 rings (SSSR count). The van der Waals surface area contributed by atoms with Gasteiger partial charge in [-0.05, 0) is 52.2 Å². The van der Waals surface area contributed by atoms with E-state index in [-0.39, 0.29) is 11.9 Å². The van der Waals surface area contributed by atoms with Crippen LogP contribution in [0.1, 0.15) is 39.5 Å². The first kappa shape index (κ1) is 19.2. The number of carbonyl (C=O) groups excluding carboxylic acids is 2. The van der Waals surface area contributed by atoms with E-state index in [0.717, 1.165) is 65.1 Å². The van der Waals surface area contributed by atoms with Crippen LogP contribution >= 0.6 is 0 Å². The molecule has 6 heteroatoms. The largest absolute Gasteiger partial charge is 0.355 e. The maximum atomic E-state index is 12.4. The number of rotatable bonds is 6. The Kier molecular flexibility index (Phi) is 7.49. The van der Waals surface area contributed by atoms with E-state index >= 15 is 0 Å². The Balaban J connectivity index is 1.70. The smallest absolute Gasteiger partial charge is 0.237 e. The lowest BCUT2D eigenvalue weighted by Crippen LogP contribution is -2.49. The van der Waals surface area contributed by atoms with Gasteiger partial charge in [-0.3, -0.25) is 14.5 Å². The van der Waals surface area contributed by atoms with E-state index in [1.165, 1.54) is 0 Å². The molecular formula is C18H34N4O2. The van der Waals surface area contributed by atoms with Crippen molar-refractivity contribution in [1.29, 1.82) is 0 Å². The molecule has 2 saturated heterocycles. The van der Waals surface area contributed by atoms with Crippen LogP contribution in [0.2, 0.25) is 0 Å². The van der Waals surface area contributed by atoms with Crippen LogP contribution in [0.3, 0.4) is 0 Å². The van der Waals surface area contributed by atoms with Gasteiger partial charge < -0.3 is 15.1 Å². The van der Waals surface area contributed by atoms with Gasteiger partial charge in [0.1, 0.15) is 0 Å². The number of nitrogens with one attached hydrogen (secondary N) is 1. The number of piperidine rings is 1. The third kappa shape index (κ3) is 5.45. The normalized spacial score (nSPS) is 22.4. The molecule has 2 amide bonds. The lowest BCUT2D eigenvalue weighted by Gasteiger charge is -2.37. The molecule has 24 heavy (non-hydrogen) atoms. The Labute approximate surface area is 146 Å². The van der Waals surface area contributed by atoms with E-state index in [2.05, 4.69) is 29.1 Å². The molecule has 2 aliphatic heterocycles. The van der Waals surface area contributed by atoms with E-state index in [1.807, 2.05) is 11.8 Å². The van der Waals surface area contributed by atoms with Gasteiger partial charge in [0, 0.05) is 39.1 Å². The monoisotopic (exact) mass is 338 g/mol. The number of nitrogens with zero attached hydrogens (tertiary/aromatic N) is 3. The highest BCUT2D eigenvalue weighted by molar-refractivity contribution is 5.81. The summed E-state index contributed by atoms with van der Waals surface area (Å²) >= 11 is 0. The molecule has 138 valence electrons. The van der Waals surface area contributed by atoms with Gasteiger partial charge in [0.15, 0.2) is 0 Å². The van der Waals surface area contributed by atoms with Crippen LogP contribution in [0.4, 0.5) is 0 Å². The number of amides is 2. The number of carbonyl (C=O) groups is 2. The second-order valence-corrected chi connectivity index (χ2v) is 7.33. The predicted octanol–water partition coefficient (Wildman–Crippen LogP) is 0.777. The van der Waals surface area contributed by atoms with Crippen molar-refractivity contribution in [2.24, 2.45) is 5.92 Å². The number of likely N-dealkylation sites (N-methyl/N-ethyl adjacent to an activating group) is 1. The first-order valence-corrected chi connectivity index (χ1v) is 9.49. The summed E-state index contributed by atoms with van der Waals surface area (Å²) in [4.78, 5) is 31.1. The van der Waals surface area contributed by atoms with Crippen molar-refractivity contribution in [3.8, 4) is 0 Å². The maximum absolute atomic E-state index is 12.4. The van der Waals surface area contributed by atoms with Crippen LogP contribution in [0.5, 0.6) is 0 Å². The van der Waals surface area contributed by atoms with Crippen molar-refractivity contribution < 1.29 is 9.59 Å². The SMILES string of the molecule is CCCNC(=O)[C@@H](C)N1CCC(CC(=O)N2CCN(C)CC2)CC1. The quantitative estimate of drug-likeness (QED) is 0.777. The topological polar surface area (TPSA) is 55.9 Å². The second-order valence-electron chi connectivity index (χ2n) is 7.33. The highest BCUT2D eigenvalue weighted by atomic mass is 16.2. The van der Waals surface area contributed by atoms with Gasteiger partial charge in [-0.15, -0.1) is 0 Å². The zero-order valence-electron chi connectivity index (χ0n) is 15.6. The Hall–Kier alpha value is -1.14. The Morgan fingerprint density at radius 2 is 1.71 bits per heavy atom. The molecule has 0 bridgehead atoms. The number of hydrogen-bond acceptors (Lipinski definition) is 4. The summed E-state index contributed by atoms with van der Waals surface area (Å²) in [5, 5.41) is 2.97. The van der Waals surface area contributed by atoms with Gasteiger partial charge in [0.25, 0.3) is 0 Å². The van der Waals surface area contributed by atoms with Gasteiger partial charge in [-0.2, -0.15) is 0 Å². The molecule has 0 aliphatic carbocycles. The minimum Gasteiger partial charge on any atom is -0.355 e. The maximum Gasteiger partial charge on any atom is 0.237 e. The van der Waals surface area contributed by atoms with Gasteiger partial charge >= 0.3 is 0 Å². The fraction of sp³-hybridized carbons (Fsp3) is 0.889. The van der Waals surface area contributed by atoms with Crippen molar-refractivity contribution in [3.63, 3.8) is 0 Å². The molecule has 0 saturated carbocycles. The summed E-state index contributed by atoms with van der Waals surface area (Å²) in [5.74, 6) is 0.915. The van der Waals surface area contributed by atoms with Crippen LogP contribution in [-0.4, -0.2) is 85.4 Å². The molecule has 0 aromatic heterocycles. The summed E-state index contributed by atoms with van der Waals surface area (Å²) in [6.07, 6.45) is 3.68. The highest BCUT2D eigenvalue weighted by Gasteiger charge is 2.29. The third-order valence-electron chi connectivity index (χ3n) is 5.44. The van der Waals surface area contributed by atoms with E-state index < -0.39 is 0 Å². The first-order valence-electron chi connectivity index (χ1n) is 9.49. The Morgan fingerprint density at radius 1 is 1.08 bits per heavy atom. The third-order valence-corrected chi connectivity index (χ3v) is 5.44. The van der Waals surface area contributed by atoms with E-state index in [4.69, 9.17) is 0 Å². The Bertz CT molecular complexity index is 413. The van der Waals surface area contributed by atoms with Crippen molar-refractivity contribution in [2.75, 3.05) is 52.9 Å². The van der Waals surface area contributed by atoms with E-state index in [0.29, 0.717) is 18.2 Å². The van der Waals surface area contributed by atoms with Crippen molar-refractivity contribution in [1.82, 2.24) is 20.0 Å². The average Bonchev–Trinajstić information content (AvgIpc) is 2.60. The lowest BCUT2D eigenvalue weighted by atomic mass is 9.92. The summed E-state index contributed by atoms with van der Waals surface area (Å²) < 4.78 is 0. The van der Waals surface area contributed by atoms with Crippen molar-refractivity contribution in [2.45, 2.75) is 45.6 Å². The van der Waals surface area contributed by atoms with Crippen molar-refractivity contribution >= 4 is 11.8 Å². The molecule has 0 unspecified atom stereocenters. The lowest BCUT2D eigenvalue weighted by molar-refractivity contribution is -0.134. The highest BCUT2D eigenvalue weighted by Crippen LogP contribution is 2.23. The van der Waals surface area contributed by atoms with Crippen LogP contribution in [0.25, 0.3) is 0 Å². The first-order chi connectivity index (χ1) is 11.5. The predicted molar refractivity (Wildman–Crippen MR) is 95.8 cm³/mol. The summed E-state index contributed by atoms with van der Waals surface area (Å²) in [5.41, 5.74) is 0. The zero-order valence-corrected chi connectivity index (χ0v) is 15.6. The summed E-state index contributed by atoms with van der Waals surface area (Å²) in [6.45, 7) is 10.3. The van der Waals surface area contributed by atoms with Crippen molar-refractivity contribution in [3.05, 3.63) is 0 Å². The van der Waals surface area contributed by atoms with Gasteiger partial charge in [0.2, 0.25) is 11.8 Å². The fourth-order valence-corrected chi connectivity index (χ4v) is 3.54. The molecule has 2 fully saturated rings. The van der Waals surface area contributed by atoms with E-state index in [9.17, 15) is 9.59 Å². The molecule has 0 spiro atoms. The molecule has 0 radical (unpaired) electrons. The Morgan fingerprint density at radius 3 is 2.29 bits per heavy atom. The molecule has 6 nitrogen and oxygen atoms in total. The average molecular weight is 338 g/mol. The van der Waals surface area contributed by atoms with Crippen LogP contribution in [-0.2, 0) is 9.59 Å². The minimum atomic E-state index is -0.0640. The molecule has 1 N–H and O–H groups in total. The van der Waals surface area contributed by atoms with Gasteiger partial charge in [0.05, 0.1) is 6.04 Å². The second kappa shape index (κ2) is 9.37. The molecule has 2 aliphatic rings. The fourth-order valence-electron chi connectivity index (χ4n) is 3.54. The molecule has 2 heterocycles. The summed E-state index contributed by atoms with van der Waals surface area (Å²) in [6, 6.07) is -0.0640. The minimum absolute atomic E-state index is 0.0640. The summed E-state index contributed by atoms with van der Waals surface area (Å²) in [7, 11) is 2.11. The van der Waals surface area contributed by atoms with E-state index in [1.54, 1.807) is 0 Å². The van der Waals surface area contributed by atoms with Gasteiger partial charge in [-0.1, -0.05) is 6.92 Å². The standard InChI is InChI=1S/C18H34N4O2/c1-4-7-19-18(24)15(2)21-8-5-16(6-9-21)14-17(23)22-12-10-20(3)11-13-22/h15-16H,4-14H2,1-3H3,(H,19,24)/t15-/m1/s1. The number of hydrogen-bond donors (Lipinski definition) is 1. The molecular weight excluding hydrogens is 304 g/mol. The van der Waals surface area contributed by atoms with Crippen LogP contribution in [0, 0.1) is 5.92 Å². The zero-order chi connectivity index (χ0) is 17.5.